The number of halogens is 2. The molecule has 0 saturated carbocycles. The number of hydrogen-bond acceptors (Lipinski definition) is 7. The van der Waals surface area contributed by atoms with Crippen molar-refractivity contribution >= 4 is 11.8 Å². The van der Waals surface area contributed by atoms with E-state index < -0.39 is 17.6 Å². The summed E-state index contributed by atoms with van der Waals surface area (Å²) >= 11 is 0. The number of carbonyl (C=O) groups is 1. The number of hydrogen-bond donors (Lipinski definition) is 1. The van der Waals surface area contributed by atoms with Gasteiger partial charge in [-0.25, -0.2) is 23.5 Å². The minimum absolute atomic E-state index is 0.0312. The van der Waals surface area contributed by atoms with E-state index in [0.717, 1.165) is 6.07 Å². The predicted octanol–water partition coefficient (Wildman–Crippen LogP) is 4.23. The summed E-state index contributed by atoms with van der Waals surface area (Å²) in [5.74, 6) is -0.505. The molecule has 1 N–H and O–H groups in total. The van der Waals surface area contributed by atoms with Crippen molar-refractivity contribution in [1.82, 2.24) is 9.97 Å². The Hall–Kier alpha value is -3.75. The number of carbonyl (C=O) groups excluding carboxylic acids is 1. The van der Waals surface area contributed by atoms with Crippen LogP contribution >= 0.6 is 0 Å². The molecule has 7 nitrogen and oxygen atoms in total. The van der Waals surface area contributed by atoms with Crippen LogP contribution in [0.15, 0.2) is 42.6 Å². The van der Waals surface area contributed by atoms with Crippen molar-refractivity contribution in [3.8, 4) is 22.9 Å². The van der Waals surface area contributed by atoms with E-state index >= 15 is 0 Å². The minimum atomic E-state index is -0.698. The fraction of sp³-hybridized carbons (Fsp3) is 0.227. The highest BCUT2D eigenvalue weighted by atomic mass is 19.1. The van der Waals surface area contributed by atoms with E-state index in [-0.39, 0.29) is 24.5 Å². The summed E-state index contributed by atoms with van der Waals surface area (Å²) in [7, 11) is 3.04. The first-order valence-corrected chi connectivity index (χ1v) is 9.40. The SMILES string of the molecule is CCOC(=O)c1cnc(-c2ccc(OC)c(OC)c2)nc1NCc1cc(F)cc(F)c1. The van der Waals surface area contributed by atoms with Crippen LogP contribution in [-0.4, -0.2) is 36.8 Å². The molecule has 0 saturated heterocycles. The lowest BCUT2D eigenvalue weighted by molar-refractivity contribution is 0.0526. The van der Waals surface area contributed by atoms with Gasteiger partial charge in [0.15, 0.2) is 17.3 Å². The van der Waals surface area contributed by atoms with E-state index in [9.17, 15) is 13.6 Å². The molecule has 0 spiro atoms. The van der Waals surface area contributed by atoms with E-state index in [4.69, 9.17) is 14.2 Å². The Morgan fingerprint density at radius 1 is 1.03 bits per heavy atom. The summed E-state index contributed by atoms with van der Waals surface area (Å²) in [5, 5.41) is 2.94. The zero-order valence-corrected chi connectivity index (χ0v) is 17.2. The molecule has 9 heteroatoms. The fourth-order valence-electron chi connectivity index (χ4n) is 2.89. The zero-order valence-electron chi connectivity index (χ0n) is 17.2. The quantitative estimate of drug-likeness (QED) is 0.537. The molecule has 1 heterocycles. The van der Waals surface area contributed by atoms with Gasteiger partial charge in [-0.05, 0) is 42.8 Å². The number of esters is 1. The number of nitrogens with zero attached hydrogens (tertiary/aromatic N) is 2. The monoisotopic (exact) mass is 429 g/mol. The standard InChI is InChI=1S/C22H21F2N3O4/c1-4-31-22(28)17-12-26-20(14-5-6-18(29-2)19(9-14)30-3)27-21(17)25-11-13-7-15(23)10-16(24)8-13/h5-10,12H,4,11H2,1-3H3,(H,25,26,27). The summed E-state index contributed by atoms with van der Waals surface area (Å²) in [6.07, 6.45) is 1.34. The molecule has 0 amide bonds. The maximum absolute atomic E-state index is 13.5. The van der Waals surface area contributed by atoms with Crippen molar-refractivity contribution in [3.05, 3.63) is 65.4 Å². The molecule has 1 aromatic heterocycles. The van der Waals surface area contributed by atoms with Crippen LogP contribution in [0.3, 0.4) is 0 Å². The summed E-state index contributed by atoms with van der Waals surface area (Å²) < 4.78 is 42.6. The molecular weight excluding hydrogens is 408 g/mol. The number of aromatic nitrogens is 2. The normalized spacial score (nSPS) is 10.5. The van der Waals surface area contributed by atoms with Gasteiger partial charge in [-0.1, -0.05) is 0 Å². The first-order chi connectivity index (χ1) is 14.9. The molecule has 0 aliphatic rings. The number of benzene rings is 2. The maximum Gasteiger partial charge on any atom is 0.343 e. The molecule has 0 atom stereocenters. The van der Waals surface area contributed by atoms with Crippen molar-refractivity contribution in [2.24, 2.45) is 0 Å². The van der Waals surface area contributed by atoms with E-state index in [1.807, 2.05) is 0 Å². The van der Waals surface area contributed by atoms with Crippen molar-refractivity contribution in [3.63, 3.8) is 0 Å². The van der Waals surface area contributed by atoms with Crippen LogP contribution in [0.25, 0.3) is 11.4 Å². The third kappa shape index (κ3) is 5.25. The average molecular weight is 429 g/mol. The van der Waals surface area contributed by atoms with Gasteiger partial charge in [0.25, 0.3) is 0 Å². The van der Waals surface area contributed by atoms with E-state index in [2.05, 4.69) is 15.3 Å². The molecule has 31 heavy (non-hydrogen) atoms. The lowest BCUT2D eigenvalue weighted by Crippen LogP contribution is -2.13. The van der Waals surface area contributed by atoms with Gasteiger partial charge in [-0.2, -0.15) is 0 Å². The second kappa shape index (κ2) is 9.84. The summed E-state index contributed by atoms with van der Waals surface area (Å²) in [6.45, 7) is 1.88. The Morgan fingerprint density at radius 2 is 1.74 bits per heavy atom. The Balaban J connectivity index is 1.97. The van der Waals surface area contributed by atoms with Gasteiger partial charge < -0.3 is 19.5 Å². The average Bonchev–Trinajstić information content (AvgIpc) is 2.76. The number of methoxy groups -OCH3 is 2. The Morgan fingerprint density at radius 3 is 2.39 bits per heavy atom. The highest BCUT2D eigenvalue weighted by molar-refractivity contribution is 5.94. The van der Waals surface area contributed by atoms with Crippen LogP contribution in [-0.2, 0) is 11.3 Å². The largest absolute Gasteiger partial charge is 0.493 e. The van der Waals surface area contributed by atoms with Crippen LogP contribution in [0.4, 0.5) is 14.6 Å². The van der Waals surface area contributed by atoms with Crippen LogP contribution in [0.5, 0.6) is 11.5 Å². The fourth-order valence-corrected chi connectivity index (χ4v) is 2.89. The van der Waals surface area contributed by atoms with E-state index in [0.29, 0.717) is 28.5 Å². The van der Waals surface area contributed by atoms with Gasteiger partial charge in [-0.15, -0.1) is 0 Å². The molecule has 3 aromatic rings. The van der Waals surface area contributed by atoms with Crippen LogP contribution in [0.1, 0.15) is 22.8 Å². The number of anilines is 1. The Kier molecular flexibility index (Phi) is 6.96. The van der Waals surface area contributed by atoms with Gasteiger partial charge in [0.1, 0.15) is 23.0 Å². The number of nitrogens with one attached hydrogen (secondary N) is 1. The Labute approximate surface area is 178 Å². The second-order valence-corrected chi connectivity index (χ2v) is 6.38. The van der Waals surface area contributed by atoms with Crippen LogP contribution in [0.2, 0.25) is 0 Å². The van der Waals surface area contributed by atoms with Gasteiger partial charge in [0.05, 0.1) is 20.8 Å². The molecule has 3 rings (SSSR count). The molecule has 0 radical (unpaired) electrons. The summed E-state index contributed by atoms with van der Waals surface area (Å²) in [4.78, 5) is 21.0. The van der Waals surface area contributed by atoms with Crippen LogP contribution < -0.4 is 14.8 Å². The number of ether oxygens (including phenoxy) is 3. The highest BCUT2D eigenvalue weighted by Gasteiger charge is 2.18. The highest BCUT2D eigenvalue weighted by Crippen LogP contribution is 2.31. The molecule has 162 valence electrons. The lowest BCUT2D eigenvalue weighted by atomic mass is 10.1. The van der Waals surface area contributed by atoms with Crippen molar-refractivity contribution < 1.29 is 27.8 Å². The third-order valence-corrected chi connectivity index (χ3v) is 4.31. The van der Waals surface area contributed by atoms with Crippen molar-refractivity contribution in [2.75, 3.05) is 26.1 Å². The molecule has 0 unspecified atom stereocenters. The topological polar surface area (TPSA) is 82.6 Å². The van der Waals surface area contributed by atoms with Gasteiger partial charge in [0.2, 0.25) is 0 Å². The van der Waals surface area contributed by atoms with E-state index in [1.165, 1.54) is 32.5 Å². The van der Waals surface area contributed by atoms with Gasteiger partial charge >= 0.3 is 5.97 Å². The summed E-state index contributed by atoms with van der Waals surface area (Å²) in [5.41, 5.74) is 1.06. The van der Waals surface area contributed by atoms with Gasteiger partial charge in [0, 0.05) is 24.4 Å². The smallest absolute Gasteiger partial charge is 0.343 e. The molecule has 0 aliphatic carbocycles. The summed E-state index contributed by atoms with van der Waals surface area (Å²) in [6, 6.07) is 8.32. The van der Waals surface area contributed by atoms with E-state index in [1.54, 1.807) is 25.1 Å². The van der Waals surface area contributed by atoms with Crippen molar-refractivity contribution in [2.45, 2.75) is 13.5 Å². The maximum atomic E-state index is 13.5. The molecule has 0 aliphatic heterocycles. The molecule has 0 bridgehead atoms. The van der Waals surface area contributed by atoms with Gasteiger partial charge in [-0.3, -0.25) is 0 Å². The molecular formula is C22H21F2N3O4. The van der Waals surface area contributed by atoms with Crippen molar-refractivity contribution in [1.29, 1.82) is 0 Å². The predicted molar refractivity (Wildman–Crippen MR) is 110 cm³/mol. The minimum Gasteiger partial charge on any atom is -0.493 e. The first kappa shape index (κ1) is 21.9. The first-order valence-electron chi connectivity index (χ1n) is 9.40. The Bertz CT molecular complexity index is 1070. The third-order valence-electron chi connectivity index (χ3n) is 4.31. The second-order valence-electron chi connectivity index (χ2n) is 6.38. The molecule has 0 fully saturated rings. The van der Waals surface area contributed by atoms with Crippen LogP contribution in [0, 0.1) is 11.6 Å². The molecule has 2 aromatic carbocycles. The lowest BCUT2D eigenvalue weighted by Gasteiger charge is -2.13. The zero-order chi connectivity index (χ0) is 22.4. The number of rotatable bonds is 8.